The summed E-state index contributed by atoms with van der Waals surface area (Å²) in [5.74, 6) is -0.479. The molecule has 5 heteroatoms. The first kappa shape index (κ1) is 24.4. The van der Waals surface area contributed by atoms with Crippen LogP contribution in [-0.4, -0.2) is 19.0 Å². The minimum atomic E-state index is -3.41. The molecule has 0 aliphatic carbocycles. The van der Waals surface area contributed by atoms with Crippen LogP contribution < -0.4 is 5.32 Å². The summed E-state index contributed by atoms with van der Waals surface area (Å²) in [6.45, 7) is 6.45. The Morgan fingerprint density at radius 1 is 0.719 bits per heavy atom. The minimum absolute atomic E-state index is 0.328. The van der Waals surface area contributed by atoms with Gasteiger partial charge in [0.05, 0.1) is 18.8 Å². The maximum Gasteiger partial charge on any atom is 0.347 e. The normalized spacial score (nSPS) is 13.1. The quantitative estimate of drug-likeness (QED) is 0.239. The van der Waals surface area contributed by atoms with Gasteiger partial charge in [-0.25, -0.2) is 0 Å². The molecule has 1 N–H and O–H groups in total. The van der Waals surface area contributed by atoms with Crippen LogP contribution in [-0.2, 0) is 19.2 Å². The second kappa shape index (κ2) is 11.6. The predicted molar refractivity (Wildman–Crippen MR) is 132 cm³/mol. The first-order chi connectivity index (χ1) is 15.6. The van der Waals surface area contributed by atoms with E-state index in [2.05, 4.69) is 48.6 Å². The smallest absolute Gasteiger partial charge is 0.308 e. The predicted octanol–water partition coefficient (Wildman–Crippen LogP) is 6.96. The van der Waals surface area contributed by atoms with Crippen molar-refractivity contribution in [3.63, 3.8) is 0 Å². The van der Waals surface area contributed by atoms with Crippen LogP contribution >= 0.6 is 7.60 Å². The van der Waals surface area contributed by atoms with Crippen molar-refractivity contribution < 1.29 is 13.6 Å². The number of hydrogen-bond acceptors (Lipinski definition) is 4. The van der Waals surface area contributed by atoms with Gasteiger partial charge < -0.3 is 9.05 Å². The van der Waals surface area contributed by atoms with Crippen molar-refractivity contribution in [2.45, 2.75) is 44.9 Å². The molecule has 0 aliphatic rings. The number of benzene rings is 3. The third-order valence-electron chi connectivity index (χ3n) is 5.57. The molecule has 0 saturated carbocycles. The summed E-state index contributed by atoms with van der Waals surface area (Å²) in [6, 6.07) is 31.0. The van der Waals surface area contributed by atoms with Crippen LogP contribution in [0.15, 0.2) is 91.0 Å². The molecule has 0 amide bonds. The average molecular weight is 452 g/mol. The Hall–Kier alpha value is -2.23. The number of nitrogens with one attached hydrogen (secondary N) is 1. The minimum Gasteiger partial charge on any atom is -0.308 e. The SMILES string of the molecule is CCCC(NC(c1ccccc1)(c1ccccc1)c1ccccc1)P(=O)(OCC)OCC. The summed E-state index contributed by atoms with van der Waals surface area (Å²) in [5.41, 5.74) is 2.47. The molecule has 4 nitrogen and oxygen atoms in total. The lowest BCUT2D eigenvalue weighted by Gasteiger charge is -2.41. The molecule has 0 aliphatic heterocycles. The van der Waals surface area contributed by atoms with Gasteiger partial charge in [-0.15, -0.1) is 0 Å². The second-order valence-corrected chi connectivity index (χ2v) is 9.89. The van der Waals surface area contributed by atoms with E-state index in [9.17, 15) is 4.57 Å². The fraction of sp³-hybridized carbons (Fsp3) is 0.333. The zero-order valence-electron chi connectivity index (χ0n) is 19.2. The Morgan fingerprint density at radius 3 is 1.41 bits per heavy atom. The van der Waals surface area contributed by atoms with Gasteiger partial charge >= 0.3 is 7.60 Å². The molecule has 0 heterocycles. The standard InChI is InChI=1S/C27H34NO3P/c1-4-16-26(32(29,30-5-2)31-6-3)28-27(23-17-10-7-11-18-23,24-19-12-8-13-20-24)25-21-14-9-15-22-25/h7-15,17-22,26,28H,4-6,16H2,1-3H3. The van der Waals surface area contributed by atoms with Crippen LogP contribution in [0.2, 0.25) is 0 Å². The van der Waals surface area contributed by atoms with Crippen molar-refractivity contribution >= 4 is 7.60 Å². The largest absolute Gasteiger partial charge is 0.347 e. The van der Waals surface area contributed by atoms with Crippen molar-refractivity contribution in [2.75, 3.05) is 13.2 Å². The van der Waals surface area contributed by atoms with Gasteiger partial charge in [-0.3, -0.25) is 9.88 Å². The lowest BCUT2D eigenvalue weighted by molar-refractivity contribution is 0.200. The van der Waals surface area contributed by atoms with E-state index in [0.29, 0.717) is 19.6 Å². The summed E-state index contributed by atoms with van der Waals surface area (Å²) < 4.78 is 25.6. The van der Waals surface area contributed by atoms with Crippen LogP contribution in [0.5, 0.6) is 0 Å². The van der Waals surface area contributed by atoms with Crippen molar-refractivity contribution in [1.29, 1.82) is 0 Å². The summed E-state index contributed by atoms with van der Waals surface area (Å²) in [7, 11) is -3.41. The van der Waals surface area contributed by atoms with Crippen LogP contribution in [0.1, 0.15) is 50.3 Å². The van der Waals surface area contributed by atoms with Gasteiger partial charge in [0.15, 0.2) is 0 Å². The summed E-state index contributed by atoms with van der Waals surface area (Å²) in [6.07, 6.45) is 1.50. The fourth-order valence-corrected chi connectivity index (χ4v) is 6.30. The fourth-order valence-electron chi connectivity index (χ4n) is 4.22. The Balaban J connectivity index is 2.27. The molecule has 32 heavy (non-hydrogen) atoms. The number of hydrogen-bond donors (Lipinski definition) is 1. The van der Waals surface area contributed by atoms with Crippen molar-refractivity contribution in [1.82, 2.24) is 5.32 Å². The highest BCUT2D eigenvalue weighted by molar-refractivity contribution is 7.54. The monoisotopic (exact) mass is 451 g/mol. The van der Waals surface area contributed by atoms with Gasteiger partial charge in [0, 0.05) is 0 Å². The molecule has 3 aromatic rings. The molecular formula is C27H34NO3P. The first-order valence-electron chi connectivity index (χ1n) is 11.4. The van der Waals surface area contributed by atoms with Gasteiger partial charge in [-0.1, -0.05) is 104 Å². The maximum atomic E-state index is 14.0. The maximum absolute atomic E-state index is 14.0. The van der Waals surface area contributed by atoms with E-state index >= 15 is 0 Å². The Kier molecular flexibility index (Phi) is 8.84. The molecule has 1 atom stereocenters. The molecule has 0 aromatic heterocycles. The first-order valence-corrected chi connectivity index (χ1v) is 13.0. The van der Waals surface area contributed by atoms with E-state index in [4.69, 9.17) is 9.05 Å². The van der Waals surface area contributed by atoms with Gasteiger partial charge in [0.1, 0.15) is 5.78 Å². The molecule has 3 rings (SSSR count). The van der Waals surface area contributed by atoms with Gasteiger partial charge in [0.2, 0.25) is 0 Å². The Labute approximate surface area is 192 Å². The molecule has 0 bridgehead atoms. The summed E-state index contributed by atoms with van der Waals surface area (Å²) in [4.78, 5) is 0. The van der Waals surface area contributed by atoms with Gasteiger partial charge in [-0.2, -0.15) is 0 Å². The summed E-state index contributed by atoms with van der Waals surface area (Å²) >= 11 is 0. The van der Waals surface area contributed by atoms with Crippen molar-refractivity contribution in [3.05, 3.63) is 108 Å². The summed E-state index contributed by atoms with van der Waals surface area (Å²) in [5, 5.41) is 3.81. The third kappa shape index (κ3) is 5.22. The van der Waals surface area contributed by atoms with Crippen molar-refractivity contribution in [2.24, 2.45) is 0 Å². The zero-order chi connectivity index (χ0) is 22.9. The Bertz CT molecular complexity index is 873. The van der Waals surface area contributed by atoms with Crippen LogP contribution in [0.25, 0.3) is 0 Å². The van der Waals surface area contributed by atoms with Crippen LogP contribution in [0.4, 0.5) is 0 Å². The topological polar surface area (TPSA) is 47.6 Å². The molecular weight excluding hydrogens is 417 g/mol. The van der Waals surface area contributed by atoms with E-state index in [1.54, 1.807) is 0 Å². The zero-order valence-corrected chi connectivity index (χ0v) is 20.1. The van der Waals surface area contributed by atoms with Crippen LogP contribution in [0.3, 0.4) is 0 Å². The molecule has 0 saturated heterocycles. The highest BCUT2D eigenvalue weighted by atomic mass is 31.2. The van der Waals surface area contributed by atoms with E-state index in [0.717, 1.165) is 23.1 Å². The van der Waals surface area contributed by atoms with Crippen LogP contribution in [0, 0.1) is 0 Å². The highest BCUT2D eigenvalue weighted by Gasteiger charge is 2.44. The lowest BCUT2D eigenvalue weighted by atomic mass is 9.77. The van der Waals surface area contributed by atoms with E-state index < -0.39 is 18.9 Å². The van der Waals surface area contributed by atoms with Gasteiger partial charge in [0.25, 0.3) is 0 Å². The van der Waals surface area contributed by atoms with E-state index in [-0.39, 0.29) is 0 Å². The highest BCUT2D eigenvalue weighted by Crippen LogP contribution is 2.55. The van der Waals surface area contributed by atoms with E-state index in [1.165, 1.54) is 0 Å². The molecule has 0 fully saturated rings. The third-order valence-corrected chi connectivity index (χ3v) is 7.95. The average Bonchev–Trinajstić information content (AvgIpc) is 2.84. The second-order valence-electron chi connectivity index (χ2n) is 7.67. The van der Waals surface area contributed by atoms with Gasteiger partial charge in [-0.05, 0) is 37.0 Å². The van der Waals surface area contributed by atoms with E-state index in [1.807, 2.05) is 68.4 Å². The molecule has 1 unspecified atom stereocenters. The molecule has 170 valence electrons. The molecule has 0 spiro atoms. The number of rotatable bonds is 12. The molecule has 0 radical (unpaired) electrons. The van der Waals surface area contributed by atoms with Crippen molar-refractivity contribution in [3.8, 4) is 0 Å². The lowest BCUT2D eigenvalue weighted by Crippen LogP contribution is -2.50. The Morgan fingerprint density at radius 2 is 1.09 bits per heavy atom. The molecule has 3 aromatic carbocycles.